The fourth-order valence-electron chi connectivity index (χ4n) is 3.83. The maximum absolute atomic E-state index is 13.1. The van der Waals surface area contributed by atoms with E-state index in [0.717, 1.165) is 34.6 Å². The lowest BCUT2D eigenvalue weighted by molar-refractivity contribution is -0.137. The van der Waals surface area contributed by atoms with E-state index in [2.05, 4.69) is 53.7 Å². The van der Waals surface area contributed by atoms with E-state index in [1.54, 1.807) is 11.8 Å². The van der Waals surface area contributed by atoms with Crippen molar-refractivity contribution in [1.29, 1.82) is 0 Å². The number of thioether (sulfide) groups is 1. The first-order chi connectivity index (χ1) is 14.9. The Labute approximate surface area is 197 Å². The lowest BCUT2D eigenvalue weighted by atomic mass is 9.78. The van der Waals surface area contributed by atoms with E-state index >= 15 is 0 Å². The zero-order valence-corrected chi connectivity index (χ0v) is 21.2. The first-order valence-corrected chi connectivity index (χ1v) is 12.2. The van der Waals surface area contributed by atoms with E-state index in [-0.39, 0.29) is 16.7 Å². The van der Waals surface area contributed by atoms with Crippen LogP contribution in [0, 0.1) is 0 Å². The van der Waals surface area contributed by atoms with Crippen LogP contribution in [-0.4, -0.2) is 40.5 Å². The molecule has 0 spiro atoms. The molecule has 32 heavy (non-hydrogen) atoms. The van der Waals surface area contributed by atoms with Crippen LogP contribution in [0.4, 0.5) is 0 Å². The predicted molar refractivity (Wildman–Crippen MR) is 136 cm³/mol. The van der Waals surface area contributed by atoms with Crippen LogP contribution < -0.4 is 0 Å². The zero-order chi connectivity index (χ0) is 23.7. The van der Waals surface area contributed by atoms with Crippen LogP contribution in [0.25, 0.3) is 6.08 Å². The van der Waals surface area contributed by atoms with Crippen molar-refractivity contribution >= 4 is 23.7 Å². The van der Waals surface area contributed by atoms with Gasteiger partial charge in [0, 0.05) is 24.7 Å². The molecule has 2 aromatic rings. The summed E-state index contributed by atoms with van der Waals surface area (Å²) in [5.41, 5.74) is 3.64. The fourth-order valence-corrected chi connectivity index (χ4v) is 4.85. The number of carbonyl (C=O) groups excluding carboxylic acids is 1. The maximum atomic E-state index is 13.1. The van der Waals surface area contributed by atoms with Crippen molar-refractivity contribution in [2.75, 3.05) is 19.5 Å². The molecule has 5 heteroatoms. The molecule has 1 aliphatic heterocycles. The molecule has 1 saturated heterocycles. The van der Waals surface area contributed by atoms with Crippen LogP contribution in [0.2, 0.25) is 0 Å². The number of amides is 1. The average molecular weight is 453 g/mol. The number of benzene rings is 2. The number of likely N-dealkylation sites (N-methyl/N-ethyl adjacent to an activating group) is 1. The van der Waals surface area contributed by atoms with Gasteiger partial charge in [-0.15, -0.1) is 0 Å². The lowest BCUT2D eigenvalue weighted by Gasteiger charge is -2.28. The Kier molecular flexibility index (Phi) is 7.11. The van der Waals surface area contributed by atoms with Gasteiger partial charge < -0.3 is 5.11 Å². The van der Waals surface area contributed by atoms with Crippen molar-refractivity contribution in [3.63, 3.8) is 0 Å². The van der Waals surface area contributed by atoms with Gasteiger partial charge in [0.1, 0.15) is 5.75 Å². The van der Waals surface area contributed by atoms with Gasteiger partial charge >= 0.3 is 0 Å². The second-order valence-corrected chi connectivity index (χ2v) is 11.6. The predicted octanol–water partition coefficient (Wildman–Crippen LogP) is 5.95. The van der Waals surface area contributed by atoms with Crippen LogP contribution in [0.5, 0.6) is 5.75 Å². The van der Waals surface area contributed by atoms with Crippen LogP contribution >= 0.6 is 11.8 Å². The Hall–Kier alpha value is -2.24. The highest BCUT2D eigenvalue weighted by Crippen LogP contribution is 2.41. The maximum Gasteiger partial charge on any atom is 0.275 e. The molecule has 0 bridgehead atoms. The highest BCUT2D eigenvalue weighted by molar-refractivity contribution is 8.04. The van der Waals surface area contributed by atoms with Gasteiger partial charge in [0.2, 0.25) is 0 Å². The van der Waals surface area contributed by atoms with Crippen LogP contribution in [0.1, 0.15) is 63.8 Å². The summed E-state index contributed by atoms with van der Waals surface area (Å²) in [6.07, 6.45) is 2.87. The Bertz CT molecular complexity index is 966. The second kappa shape index (κ2) is 9.32. The summed E-state index contributed by atoms with van der Waals surface area (Å²) < 4.78 is 0. The third-order valence-corrected chi connectivity index (χ3v) is 6.79. The third kappa shape index (κ3) is 5.57. The number of nitrogens with zero attached hydrogens (tertiary/aromatic N) is 2. The highest BCUT2D eigenvalue weighted by Gasteiger charge is 2.31. The number of rotatable bonds is 5. The molecule has 0 atom stereocenters. The summed E-state index contributed by atoms with van der Waals surface area (Å²) in [6.45, 7) is 13.4. The van der Waals surface area contributed by atoms with Gasteiger partial charge in [0.25, 0.3) is 5.91 Å². The van der Waals surface area contributed by atoms with Crippen LogP contribution in [-0.2, 0) is 22.0 Å². The molecule has 0 radical (unpaired) electrons. The Morgan fingerprint density at radius 3 is 2.12 bits per heavy atom. The van der Waals surface area contributed by atoms with E-state index in [1.807, 2.05) is 53.5 Å². The number of carbonyl (C=O) groups is 1. The van der Waals surface area contributed by atoms with E-state index in [0.29, 0.717) is 11.6 Å². The molecular formula is C27H36N2O2S. The minimum Gasteiger partial charge on any atom is -0.507 e. The van der Waals surface area contributed by atoms with E-state index < -0.39 is 0 Å². The van der Waals surface area contributed by atoms with Crippen LogP contribution in [0.3, 0.4) is 0 Å². The van der Waals surface area contributed by atoms with Gasteiger partial charge in [0.15, 0.2) is 0 Å². The Balaban J connectivity index is 1.83. The van der Waals surface area contributed by atoms with Gasteiger partial charge in [0.05, 0.1) is 10.8 Å². The molecule has 3 rings (SSSR count). The molecule has 0 unspecified atom stereocenters. The van der Waals surface area contributed by atoms with E-state index in [4.69, 9.17) is 0 Å². The summed E-state index contributed by atoms with van der Waals surface area (Å²) in [6, 6.07) is 14.4. The van der Waals surface area contributed by atoms with Crippen LogP contribution in [0.15, 0.2) is 47.4 Å². The molecule has 1 amide bonds. The molecule has 0 saturated carbocycles. The van der Waals surface area contributed by atoms with E-state index in [1.165, 1.54) is 5.56 Å². The molecule has 1 heterocycles. The number of hydrogen-bond acceptors (Lipinski definition) is 4. The van der Waals surface area contributed by atoms with Crippen molar-refractivity contribution in [3.05, 3.63) is 69.6 Å². The standard InChI is InChI=1S/C27H36N2O2S/c1-26(2,3)21-15-20(16-22(24(21)30)27(4,5)6)17-23-25(31)29(18-32-23)28(7)14-13-19-11-9-8-10-12-19/h8-12,15-17,30H,13-14,18H2,1-7H3. The molecule has 0 aliphatic carbocycles. The number of phenolic OH excluding ortho intramolecular Hbond substituents is 1. The highest BCUT2D eigenvalue weighted by atomic mass is 32.2. The van der Waals surface area contributed by atoms with Gasteiger partial charge in [-0.1, -0.05) is 83.6 Å². The minimum atomic E-state index is -0.199. The number of aromatic hydroxyl groups is 1. The fraction of sp³-hybridized carbons (Fsp3) is 0.444. The van der Waals surface area contributed by atoms with Gasteiger partial charge in [-0.3, -0.25) is 9.80 Å². The molecule has 4 nitrogen and oxygen atoms in total. The van der Waals surface area contributed by atoms with Crippen molar-refractivity contribution in [2.45, 2.75) is 58.8 Å². The molecule has 1 fully saturated rings. The molecule has 1 aliphatic rings. The van der Waals surface area contributed by atoms with Crippen molar-refractivity contribution in [2.24, 2.45) is 0 Å². The normalized spacial score (nSPS) is 16.4. The van der Waals surface area contributed by atoms with Gasteiger partial charge in [-0.05, 0) is 46.6 Å². The second-order valence-electron chi connectivity index (χ2n) is 10.6. The average Bonchev–Trinajstić information content (AvgIpc) is 3.06. The Morgan fingerprint density at radius 1 is 1.03 bits per heavy atom. The number of hydrazine groups is 1. The molecule has 1 N–H and O–H groups in total. The molecule has 0 aromatic heterocycles. The summed E-state index contributed by atoms with van der Waals surface area (Å²) >= 11 is 1.57. The third-order valence-electron chi connectivity index (χ3n) is 5.81. The van der Waals surface area contributed by atoms with Gasteiger partial charge in [-0.25, -0.2) is 5.01 Å². The van der Waals surface area contributed by atoms with Crippen molar-refractivity contribution in [1.82, 2.24) is 10.0 Å². The summed E-state index contributed by atoms with van der Waals surface area (Å²) in [5.74, 6) is 1.01. The minimum absolute atomic E-state index is 0.0354. The topological polar surface area (TPSA) is 43.8 Å². The largest absolute Gasteiger partial charge is 0.507 e. The SMILES string of the molecule is CN(CCc1ccccc1)N1CSC(=Cc2cc(C(C)(C)C)c(O)c(C(C)(C)C)c2)C1=O. The quantitative estimate of drug-likeness (QED) is 0.569. The summed E-state index contributed by atoms with van der Waals surface area (Å²) in [5, 5.41) is 14.8. The monoisotopic (exact) mass is 452 g/mol. The summed E-state index contributed by atoms with van der Waals surface area (Å²) in [7, 11) is 1.97. The number of hydrogen-bond donors (Lipinski definition) is 1. The van der Waals surface area contributed by atoms with E-state index in [9.17, 15) is 9.90 Å². The molecule has 2 aromatic carbocycles. The summed E-state index contributed by atoms with van der Waals surface area (Å²) in [4.78, 5) is 13.9. The van der Waals surface area contributed by atoms with Crippen molar-refractivity contribution in [3.8, 4) is 5.75 Å². The first-order valence-electron chi connectivity index (χ1n) is 11.2. The first kappa shape index (κ1) is 24.4. The Morgan fingerprint density at radius 2 is 1.59 bits per heavy atom. The van der Waals surface area contributed by atoms with Gasteiger partial charge in [-0.2, -0.15) is 0 Å². The molecular weight excluding hydrogens is 416 g/mol. The molecule has 172 valence electrons. The van der Waals surface area contributed by atoms with Crippen molar-refractivity contribution < 1.29 is 9.90 Å². The lowest BCUT2D eigenvalue weighted by Crippen LogP contribution is -2.41. The number of phenols is 1. The zero-order valence-electron chi connectivity index (χ0n) is 20.4. The smallest absolute Gasteiger partial charge is 0.275 e.